The zero-order valence-electron chi connectivity index (χ0n) is 13.3. The number of benzene rings is 2. The SMILES string of the molecule is O=C(Nc1cccc(N=Cc2cccc([N+](=O)[O-])c2[O-])c1)c1ccco1. The first-order chi connectivity index (χ1) is 12.5. The third-order valence-electron chi connectivity index (χ3n) is 3.42. The lowest BCUT2D eigenvalue weighted by Gasteiger charge is -2.09. The molecule has 0 aliphatic carbocycles. The lowest BCUT2D eigenvalue weighted by atomic mass is 10.2. The van der Waals surface area contributed by atoms with E-state index in [0.29, 0.717) is 11.4 Å². The quantitative estimate of drug-likeness (QED) is 0.430. The molecule has 8 nitrogen and oxygen atoms in total. The molecule has 1 N–H and O–H groups in total. The smallest absolute Gasteiger partial charge is 0.291 e. The number of nitro benzene ring substituents is 1. The number of furan rings is 1. The summed E-state index contributed by atoms with van der Waals surface area (Å²) in [7, 11) is 0. The molecule has 1 aromatic heterocycles. The van der Waals surface area contributed by atoms with Crippen LogP contribution >= 0.6 is 0 Å². The Labute approximate surface area is 147 Å². The number of carbonyl (C=O) groups excluding carboxylic acids is 1. The topological polar surface area (TPSA) is 121 Å². The van der Waals surface area contributed by atoms with Gasteiger partial charge in [0.05, 0.1) is 16.9 Å². The summed E-state index contributed by atoms with van der Waals surface area (Å²) >= 11 is 0. The normalized spacial score (nSPS) is 10.8. The molecule has 0 radical (unpaired) electrons. The summed E-state index contributed by atoms with van der Waals surface area (Å²) in [6.07, 6.45) is 2.65. The van der Waals surface area contributed by atoms with Crippen LogP contribution in [0.25, 0.3) is 0 Å². The fourth-order valence-electron chi connectivity index (χ4n) is 2.20. The first-order valence-corrected chi connectivity index (χ1v) is 7.48. The van der Waals surface area contributed by atoms with E-state index in [9.17, 15) is 20.0 Å². The van der Waals surface area contributed by atoms with Crippen LogP contribution in [0.3, 0.4) is 0 Å². The third-order valence-corrected chi connectivity index (χ3v) is 3.42. The average Bonchev–Trinajstić information content (AvgIpc) is 3.16. The molecule has 0 atom stereocenters. The molecule has 0 fully saturated rings. The molecule has 130 valence electrons. The van der Waals surface area contributed by atoms with Crippen LogP contribution in [0.4, 0.5) is 17.1 Å². The summed E-state index contributed by atoms with van der Waals surface area (Å²) in [5.74, 6) is -0.938. The minimum atomic E-state index is -0.732. The zero-order chi connectivity index (χ0) is 18.5. The van der Waals surface area contributed by atoms with Gasteiger partial charge in [-0.2, -0.15) is 0 Å². The second-order valence-electron chi connectivity index (χ2n) is 5.19. The van der Waals surface area contributed by atoms with E-state index in [4.69, 9.17) is 4.42 Å². The summed E-state index contributed by atoms with van der Waals surface area (Å²) in [5, 5.41) is 25.4. The van der Waals surface area contributed by atoms with Crippen molar-refractivity contribution in [1.82, 2.24) is 0 Å². The molecule has 0 aliphatic rings. The van der Waals surface area contributed by atoms with Crippen LogP contribution in [0.2, 0.25) is 0 Å². The molecule has 0 saturated carbocycles. The zero-order valence-corrected chi connectivity index (χ0v) is 13.3. The number of hydrogen-bond donors (Lipinski definition) is 1. The van der Waals surface area contributed by atoms with Gasteiger partial charge in [-0.3, -0.25) is 19.9 Å². The molecule has 3 aromatic rings. The van der Waals surface area contributed by atoms with Gasteiger partial charge < -0.3 is 14.8 Å². The van der Waals surface area contributed by atoms with Crippen molar-refractivity contribution in [3.05, 3.63) is 82.3 Å². The number of amides is 1. The molecule has 1 heterocycles. The Morgan fingerprint density at radius 3 is 2.69 bits per heavy atom. The van der Waals surface area contributed by atoms with Gasteiger partial charge in [-0.05, 0) is 41.6 Å². The maximum atomic E-state index is 12.0. The fraction of sp³-hybridized carbons (Fsp3) is 0. The summed E-state index contributed by atoms with van der Waals surface area (Å²) < 4.78 is 5.02. The molecule has 8 heteroatoms. The minimum Gasteiger partial charge on any atom is -0.867 e. The van der Waals surface area contributed by atoms with Gasteiger partial charge in [0.15, 0.2) is 5.76 Å². The number of aliphatic imine (C=N–C) groups is 1. The van der Waals surface area contributed by atoms with Gasteiger partial charge in [-0.1, -0.05) is 18.2 Å². The van der Waals surface area contributed by atoms with Gasteiger partial charge in [0.2, 0.25) is 0 Å². The lowest BCUT2D eigenvalue weighted by molar-refractivity contribution is -0.398. The van der Waals surface area contributed by atoms with E-state index >= 15 is 0 Å². The van der Waals surface area contributed by atoms with E-state index in [1.165, 1.54) is 30.7 Å². The van der Waals surface area contributed by atoms with Crippen molar-refractivity contribution >= 4 is 29.2 Å². The van der Waals surface area contributed by atoms with Crippen LogP contribution in [-0.2, 0) is 0 Å². The molecule has 0 spiro atoms. The molecule has 2 aromatic carbocycles. The summed E-state index contributed by atoms with van der Waals surface area (Å²) in [6, 6.07) is 13.8. The Morgan fingerprint density at radius 2 is 1.96 bits per heavy atom. The Balaban J connectivity index is 1.79. The fourth-order valence-corrected chi connectivity index (χ4v) is 2.20. The number of anilines is 1. The van der Waals surface area contributed by atoms with Crippen molar-refractivity contribution < 1.29 is 19.2 Å². The Bertz CT molecular complexity index is 980. The highest BCUT2D eigenvalue weighted by Crippen LogP contribution is 2.26. The molecule has 26 heavy (non-hydrogen) atoms. The summed E-state index contributed by atoms with van der Waals surface area (Å²) in [6.45, 7) is 0. The van der Waals surface area contributed by atoms with Crippen molar-refractivity contribution in [3.8, 4) is 5.75 Å². The van der Waals surface area contributed by atoms with E-state index in [1.807, 2.05) is 0 Å². The Kier molecular flexibility index (Phi) is 4.75. The molecule has 0 unspecified atom stereocenters. The number of carbonyl (C=O) groups is 1. The summed E-state index contributed by atoms with van der Waals surface area (Å²) in [4.78, 5) is 26.2. The van der Waals surface area contributed by atoms with E-state index in [0.717, 1.165) is 6.07 Å². The molecule has 0 saturated heterocycles. The van der Waals surface area contributed by atoms with Crippen molar-refractivity contribution in [3.63, 3.8) is 0 Å². The van der Waals surface area contributed by atoms with E-state index in [-0.39, 0.29) is 11.3 Å². The second-order valence-corrected chi connectivity index (χ2v) is 5.19. The molecule has 0 bridgehead atoms. The minimum absolute atomic E-state index is 0.101. The van der Waals surface area contributed by atoms with Crippen molar-refractivity contribution in [2.45, 2.75) is 0 Å². The second kappa shape index (κ2) is 7.31. The Hall–Kier alpha value is -3.94. The first-order valence-electron chi connectivity index (χ1n) is 7.48. The number of rotatable bonds is 5. The predicted octanol–water partition coefficient (Wildman–Crippen LogP) is 3.26. The van der Waals surface area contributed by atoms with Gasteiger partial charge >= 0.3 is 0 Å². The van der Waals surface area contributed by atoms with Gasteiger partial charge in [-0.15, -0.1) is 0 Å². The maximum Gasteiger partial charge on any atom is 0.291 e. The largest absolute Gasteiger partial charge is 0.867 e. The number of nitrogens with one attached hydrogen (secondary N) is 1. The maximum absolute atomic E-state index is 12.0. The van der Waals surface area contributed by atoms with Crippen molar-refractivity contribution in [2.24, 2.45) is 4.99 Å². The highest BCUT2D eigenvalue weighted by molar-refractivity contribution is 6.02. The monoisotopic (exact) mass is 350 g/mol. The van der Waals surface area contributed by atoms with E-state index < -0.39 is 22.3 Å². The summed E-state index contributed by atoms with van der Waals surface area (Å²) in [5.41, 5.74) is 0.549. The van der Waals surface area contributed by atoms with Crippen LogP contribution in [0.15, 0.2) is 70.3 Å². The third kappa shape index (κ3) is 3.75. The highest BCUT2D eigenvalue weighted by atomic mass is 16.6. The van der Waals surface area contributed by atoms with E-state index in [2.05, 4.69) is 10.3 Å². The Morgan fingerprint density at radius 1 is 1.15 bits per heavy atom. The number of hydrogen-bond acceptors (Lipinski definition) is 6. The van der Waals surface area contributed by atoms with Crippen LogP contribution in [0.5, 0.6) is 5.75 Å². The number of para-hydroxylation sites is 1. The molecule has 0 aliphatic heterocycles. The van der Waals surface area contributed by atoms with Gasteiger partial charge in [-0.25, -0.2) is 0 Å². The van der Waals surface area contributed by atoms with Gasteiger partial charge in [0.1, 0.15) is 0 Å². The number of nitrogens with zero attached hydrogens (tertiary/aromatic N) is 2. The van der Waals surface area contributed by atoms with Crippen molar-refractivity contribution in [2.75, 3.05) is 5.32 Å². The lowest BCUT2D eigenvalue weighted by Crippen LogP contribution is -2.10. The van der Waals surface area contributed by atoms with Crippen LogP contribution in [-0.4, -0.2) is 17.0 Å². The van der Waals surface area contributed by atoms with Crippen molar-refractivity contribution in [1.29, 1.82) is 0 Å². The van der Waals surface area contributed by atoms with Crippen LogP contribution in [0.1, 0.15) is 16.1 Å². The predicted molar refractivity (Wildman–Crippen MR) is 92.9 cm³/mol. The standard InChI is InChI=1S/C18H13N3O5/c22-17-12(4-1-7-15(17)21(24)25)11-19-13-5-2-6-14(10-13)20-18(23)16-8-3-9-26-16/h1-11,22H,(H,20,23)/p-1. The molecule has 3 rings (SSSR count). The first kappa shape index (κ1) is 16.9. The molecular formula is C18H12N3O5-. The van der Waals surface area contributed by atoms with E-state index in [1.54, 1.807) is 30.3 Å². The van der Waals surface area contributed by atoms with Gasteiger partial charge in [0.25, 0.3) is 11.6 Å². The van der Waals surface area contributed by atoms with Gasteiger partial charge in [0, 0.05) is 18.0 Å². The average molecular weight is 350 g/mol. The molecule has 1 amide bonds. The molecular weight excluding hydrogens is 338 g/mol. The van der Waals surface area contributed by atoms with Crippen LogP contribution in [0, 0.1) is 10.1 Å². The number of nitro groups is 1. The highest BCUT2D eigenvalue weighted by Gasteiger charge is 2.09. The van der Waals surface area contributed by atoms with Crippen LogP contribution < -0.4 is 10.4 Å².